The van der Waals surface area contributed by atoms with E-state index in [9.17, 15) is 9.59 Å². The molecule has 1 saturated carbocycles. The van der Waals surface area contributed by atoms with Crippen LogP contribution in [0.5, 0.6) is 0 Å². The van der Waals surface area contributed by atoms with Gasteiger partial charge in [-0.25, -0.2) is 0 Å². The first-order valence-corrected chi connectivity index (χ1v) is 10.1. The van der Waals surface area contributed by atoms with Crippen molar-refractivity contribution in [3.63, 3.8) is 0 Å². The predicted octanol–water partition coefficient (Wildman–Crippen LogP) is 4.69. The number of hydrogen-bond donors (Lipinski definition) is 0. The molecule has 3 nitrogen and oxygen atoms in total. The smallest absolute Gasteiger partial charge is 0.149 e. The van der Waals surface area contributed by atoms with Crippen LogP contribution in [0.25, 0.3) is 0 Å². The molecule has 1 aliphatic carbocycles. The first kappa shape index (κ1) is 18.0. The van der Waals surface area contributed by atoms with Gasteiger partial charge in [0.25, 0.3) is 0 Å². The molecule has 1 aromatic carbocycles. The molecule has 0 amide bonds. The van der Waals surface area contributed by atoms with Crippen LogP contribution in [0.1, 0.15) is 52.5 Å². The van der Waals surface area contributed by atoms with Crippen LogP contribution in [-0.4, -0.2) is 24.2 Å². The zero-order chi connectivity index (χ0) is 18.9. The van der Waals surface area contributed by atoms with Crippen molar-refractivity contribution in [3.05, 3.63) is 28.8 Å². The van der Waals surface area contributed by atoms with E-state index < -0.39 is 5.41 Å². The number of nitrogens with zero attached hydrogens (tertiary/aromatic N) is 1. The number of fused-ring (bicyclic) bond motifs is 4. The lowest BCUT2D eigenvalue weighted by Gasteiger charge is -2.57. The highest BCUT2D eigenvalue weighted by Crippen LogP contribution is 2.54. The van der Waals surface area contributed by atoms with Crippen molar-refractivity contribution in [2.75, 3.05) is 11.4 Å². The van der Waals surface area contributed by atoms with Gasteiger partial charge in [0, 0.05) is 30.1 Å². The summed E-state index contributed by atoms with van der Waals surface area (Å²) in [5.41, 5.74) is 1.11. The maximum atomic E-state index is 13.5. The van der Waals surface area contributed by atoms with Gasteiger partial charge >= 0.3 is 0 Å². The molecule has 140 valence electrons. The summed E-state index contributed by atoms with van der Waals surface area (Å²) in [4.78, 5) is 29.3. The van der Waals surface area contributed by atoms with E-state index >= 15 is 0 Å². The average molecular weight is 374 g/mol. The van der Waals surface area contributed by atoms with Gasteiger partial charge in [0.15, 0.2) is 0 Å². The molecule has 3 atom stereocenters. The zero-order valence-electron chi connectivity index (χ0n) is 16.1. The number of carbonyl (C=O) groups excluding carboxylic acids is 2. The third kappa shape index (κ3) is 2.54. The number of hydrogen-bond acceptors (Lipinski definition) is 3. The van der Waals surface area contributed by atoms with E-state index in [1.807, 2.05) is 32.0 Å². The zero-order valence-corrected chi connectivity index (χ0v) is 16.9. The van der Waals surface area contributed by atoms with Gasteiger partial charge in [-0.15, -0.1) is 0 Å². The highest BCUT2D eigenvalue weighted by molar-refractivity contribution is 6.31. The van der Waals surface area contributed by atoms with Crippen molar-refractivity contribution >= 4 is 28.9 Å². The van der Waals surface area contributed by atoms with Gasteiger partial charge in [0.05, 0.1) is 6.04 Å². The first-order chi connectivity index (χ1) is 12.1. The van der Waals surface area contributed by atoms with Crippen LogP contribution in [-0.2, 0) is 16.0 Å². The number of carbonyl (C=O) groups is 2. The molecule has 2 fully saturated rings. The third-order valence-electron chi connectivity index (χ3n) is 6.76. The van der Waals surface area contributed by atoms with Crippen LogP contribution in [0.3, 0.4) is 0 Å². The van der Waals surface area contributed by atoms with Gasteiger partial charge in [-0.2, -0.15) is 0 Å². The van der Waals surface area contributed by atoms with E-state index in [0.717, 1.165) is 24.2 Å². The molecule has 26 heavy (non-hydrogen) atoms. The molecule has 2 heterocycles. The number of halogens is 1. The molecule has 4 heteroatoms. The molecule has 1 aromatic rings. The van der Waals surface area contributed by atoms with Gasteiger partial charge in [-0.3, -0.25) is 9.59 Å². The normalized spacial score (nSPS) is 32.3. The van der Waals surface area contributed by atoms with Crippen molar-refractivity contribution in [3.8, 4) is 0 Å². The van der Waals surface area contributed by atoms with E-state index in [4.69, 9.17) is 11.6 Å². The van der Waals surface area contributed by atoms with Crippen LogP contribution in [0.2, 0.25) is 5.02 Å². The van der Waals surface area contributed by atoms with Crippen molar-refractivity contribution in [2.24, 2.45) is 22.7 Å². The van der Waals surface area contributed by atoms with Crippen LogP contribution in [0.15, 0.2) is 18.2 Å². The van der Waals surface area contributed by atoms with Gasteiger partial charge in [-0.05, 0) is 47.8 Å². The Morgan fingerprint density at radius 1 is 1.08 bits per heavy atom. The largest absolute Gasteiger partial charge is 0.366 e. The Kier molecular flexibility index (Phi) is 4.04. The minimum Gasteiger partial charge on any atom is -0.366 e. The molecule has 0 unspecified atom stereocenters. The summed E-state index contributed by atoms with van der Waals surface area (Å²) in [6.45, 7) is 9.43. The number of Topliss-reactive ketones (excluding diaryl/α,β-unsaturated/α-hetero) is 2. The molecule has 2 aliphatic heterocycles. The number of ketones is 2. The quantitative estimate of drug-likeness (QED) is 0.619. The maximum absolute atomic E-state index is 13.5. The van der Waals surface area contributed by atoms with E-state index in [1.54, 1.807) is 0 Å². The second-order valence-corrected chi connectivity index (χ2v) is 10.1. The summed E-state index contributed by atoms with van der Waals surface area (Å²) in [5.74, 6) is 1.14. The van der Waals surface area contributed by atoms with E-state index in [1.165, 1.54) is 0 Å². The predicted molar refractivity (Wildman–Crippen MR) is 105 cm³/mol. The monoisotopic (exact) mass is 373 g/mol. The Morgan fingerprint density at radius 3 is 2.38 bits per heavy atom. The minimum atomic E-state index is -0.879. The summed E-state index contributed by atoms with van der Waals surface area (Å²) in [6.07, 6.45) is 2.58. The van der Waals surface area contributed by atoms with Crippen LogP contribution < -0.4 is 4.90 Å². The first-order valence-electron chi connectivity index (χ1n) is 9.76. The minimum absolute atomic E-state index is 0.0410. The fourth-order valence-electron chi connectivity index (χ4n) is 5.88. The second-order valence-electron chi connectivity index (χ2n) is 9.70. The van der Waals surface area contributed by atoms with Crippen molar-refractivity contribution in [2.45, 2.75) is 59.4 Å². The standard InChI is InChI=1S/C22H28ClNO2/c1-13-7-14(2)20-22(18(25)10-21(3,4)11-19(22)26)9-15-5-6-16(23)8-17(15)24(20)12-13/h5-6,8,13-14,20H,7,9-12H2,1-4H3/t13-,14-,20-/m1/s1. The lowest BCUT2D eigenvalue weighted by atomic mass is 9.54. The summed E-state index contributed by atoms with van der Waals surface area (Å²) in [7, 11) is 0. The lowest BCUT2D eigenvalue weighted by molar-refractivity contribution is -0.152. The van der Waals surface area contributed by atoms with Crippen LogP contribution in [0.4, 0.5) is 5.69 Å². The van der Waals surface area contributed by atoms with E-state index in [-0.39, 0.29) is 23.0 Å². The van der Waals surface area contributed by atoms with Crippen molar-refractivity contribution < 1.29 is 9.59 Å². The molecule has 0 radical (unpaired) electrons. The van der Waals surface area contributed by atoms with Gasteiger partial charge in [0.1, 0.15) is 17.0 Å². The van der Waals surface area contributed by atoms with Gasteiger partial charge in [0.2, 0.25) is 0 Å². The molecule has 3 aliphatic rings. The summed E-state index contributed by atoms with van der Waals surface area (Å²) in [5, 5.41) is 0.715. The lowest BCUT2D eigenvalue weighted by Crippen LogP contribution is -2.67. The number of piperidine rings is 1. The maximum Gasteiger partial charge on any atom is 0.149 e. The highest BCUT2D eigenvalue weighted by Gasteiger charge is 2.61. The summed E-state index contributed by atoms with van der Waals surface area (Å²) >= 11 is 6.29. The summed E-state index contributed by atoms with van der Waals surface area (Å²) < 4.78 is 0. The Morgan fingerprint density at radius 2 is 1.73 bits per heavy atom. The van der Waals surface area contributed by atoms with Crippen molar-refractivity contribution in [1.29, 1.82) is 0 Å². The molecular weight excluding hydrogens is 346 g/mol. The number of rotatable bonds is 0. The average Bonchev–Trinajstić information content (AvgIpc) is 2.51. The van der Waals surface area contributed by atoms with E-state index in [2.05, 4.69) is 18.7 Å². The van der Waals surface area contributed by atoms with E-state index in [0.29, 0.717) is 36.1 Å². The Hall–Kier alpha value is -1.35. The topological polar surface area (TPSA) is 37.4 Å². The highest BCUT2D eigenvalue weighted by atomic mass is 35.5. The number of anilines is 1. The fourth-order valence-corrected chi connectivity index (χ4v) is 6.05. The molecular formula is C22H28ClNO2. The van der Waals surface area contributed by atoms with Gasteiger partial charge in [-0.1, -0.05) is 45.4 Å². The van der Waals surface area contributed by atoms with Crippen LogP contribution in [0, 0.1) is 22.7 Å². The molecule has 4 rings (SSSR count). The Labute approximate surface area is 161 Å². The van der Waals surface area contributed by atoms with Gasteiger partial charge < -0.3 is 4.90 Å². The molecule has 0 N–H and O–H groups in total. The Balaban J connectivity index is 1.90. The molecule has 0 aromatic heterocycles. The van der Waals surface area contributed by atoms with Crippen LogP contribution >= 0.6 is 11.6 Å². The third-order valence-corrected chi connectivity index (χ3v) is 7.00. The number of benzene rings is 1. The SMILES string of the molecule is C[C@@H]1C[C@@H](C)[C@H]2N(C1)c1cc(Cl)ccc1CC21C(=O)CC(C)(C)CC1=O. The molecule has 0 bridgehead atoms. The van der Waals surface area contributed by atoms with Crippen molar-refractivity contribution in [1.82, 2.24) is 0 Å². The molecule has 1 spiro atoms. The summed E-state index contributed by atoms with van der Waals surface area (Å²) in [6, 6.07) is 5.87. The molecule has 1 saturated heterocycles. The fraction of sp³-hybridized carbons (Fsp3) is 0.636. The Bertz CT molecular complexity index is 764. The second kappa shape index (κ2) is 5.82.